The minimum atomic E-state index is -3.74. The lowest BCUT2D eigenvalue weighted by Crippen LogP contribution is -2.31. The number of aliphatic hydroxyl groups excluding tert-OH is 1. The molecule has 0 heterocycles. The number of aliphatic hydroxyl groups is 1. The molecule has 0 aliphatic carbocycles. The molecule has 1 unspecified atom stereocenters. The Kier molecular flexibility index (Phi) is 4.40. The molecule has 0 saturated heterocycles. The van der Waals surface area contributed by atoms with E-state index in [4.69, 9.17) is 0 Å². The van der Waals surface area contributed by atoms with Crippen LogP contribution in [0.2, 0.25) is 0 Å². The average Bonchev–Trinajstić information content (AvgIpc) is 2.26. The molecule has 0 aromatic heterocycles. The number of nitrogens with one attached hydrogen (secondary N) is 1. The van der Waals surface area contributed by atoms with Crippen molar-refractivity contribution in [2.45, 2.75) is 24.3 Å². The van der Waals surface area contributed by atoms with Gasteiger partial charge in [-0.3, -0.25) is 0 Å². The molecule has 0 spiro atoms. The van der Waals surface area contributed by atoms with Gasteiger partial charge < -0.3 is 5.11 Å². The lowest BCUT2D eigenvalue weighted by molar-refractivity contribution is 0.174. The van der Waals surface area contributed by atoms with Gasteiger partial charge in [0.1, 0.15) is 5.82 Å². The van der Waals surface area contributed by atoms with E-state index in [-0.39, 0.29) is 11.4 Å². The van der Waals surface area contributed by atoms with E-state index in [1.165, 1.54) is 18.2 Å². The second-order valence-corrected chi connectivity index (χ2v) is 5.14. The molecule has 90 valence electrons. The molecule has 0 aliphatic heterocycles. The van der Waals surface area contributed by atoms with E-state index in [0.717, 1.165) is 6.07 Å². The summed E-state index contributed by atoms with van der Waals surface area (Å²) in [5.41, 5.74) is 0. The smallest absolute Gasteiger partial charge is 0.240 e. The van der Waals surface area contributed by atoms with Crippen LogP contribution in [0.1, 0.15) is 13.3 Å². The number of halogens is 1. The first-order chi connectivity index (χ1) is 7.45. The SMILES string of the molecule is CCC(O)CNS(=O)(=O)c1cccc(F)c1. The topological polar surface area (TPSA) is 66.4 Å². The summed E-state index contributed by atoms with van der Waals surface area (Å²) in [4.78, 5) is -0.143. The standard InChI is InChI=1S/C10H14FNO3S/c1-2-9(13)7-12-16(14,15)10-5-3-4-8(11)6-10/h3-6,9,12-13H,2,7H2,1H3. The van der Waals surface area contributed by atoms with E-state index in [1.807, 2.05) is 0 Å². The molecule has 0 amide bonds. The van der Waals surface area contributed by atoms with Crippen LogP contribution >= 0.6 is 0 Å². The summed E-state index contributed by atoms with van der Waals surface area (Å²) in [7, 11) is -3.74. The second kappa shape index (κ2) is 5.38. The van der Waals surface area contributed by atoms with E-state index in [2.05, 4.69) is 4.72 Å². The molecule has 6 heteroatoms. The van der Waals surface area contributed by atoms with Crippen molar-refractivity contribution in [1.82, 2.24) is 4.72 Å². The van der Waals surface area contributed by atoms with E-state index in [0.29, 0.717) is 6.42 Å². The molecule has 0 saturated carbocycles. The maximum absolute atomic E-state index is 12.8. The molecular weight excluding hydrogens is 233 g/mol. The fourth-order valence-electron chi connectivity index (χ4n) is 1.07. The lowest BCUT2D eigenvalue weighted by atomic mass is 10.3. The molecule has 0 fully saturated rings. The van der Waals surface area contributed by atoms with Gasteiger partial charge in [0.2, 0.25) is 10.0 Å². The van der Waals surface area contributed by atoms with Crippen molar-refractivity contribution in [1.29, 1.82) is 0 Å². The van der Waals surface area contributed by atoms with Gasteiger partial charge in [0.25, 0.3) is 0 Å². The molecule has 0 aliphatic rings. The highest BCUT2D eigenvalue weighted by Gasteiger charge is 2.15. The largest absolute Gasteiger partial charge is 0.392 e. The molecule has 0 bridgehead atoms. The minimum absolute atomic E-state index is 0.0741. The van der Waals surface area contributed by atoms with Crippen molar-refractivity contribution in [2.75, 3.05) is 6.54 Å². The summed E-state index contributed by atoms with van der Waals surface area (Å²) in [5.74, 6) is -0.612. The Morgan fingerprint density at radius 1 is 1.50 bits per heavy atom. The van der Waals surface area contributed by atoms with Gasteiger partial charge in [-0.2, -0.15) is 0 Å². The predicted octanol–water partition coefficient (Wildman–Crippen LogP) is 0.875. The van der Waals surface area contributed by atoms with Gasteiger partial charge in [-0.1, -0.05) is 13.0 Å². The van der Waals surface area contributed by atoms with Gasteiger partial charge >= 0.3 is 0 Å². The molecule has 1 atom stereocenters. The summed E-state index contributed by atoms with van der Waals surface area (Å²) in [6.07, 6.45) is -0.283. The zero-order valence-electron chi connectivity index (χ0n) is 8.85. The van der Waals surface area contributed by atoms with Crippen LogP contribution < -0.4 is 4.72 Å². The molecule has 1 aromatic rings. The normalized spacial score (nSPS) is 13.7. The third kappa shape index (κ3) is 3.55. The highest BCUT2D eigenvalue weighted by molar-refractivity contribution is 7.89. The number of benzene rings is 1. The van der Waals surface area contributed by atoms with Crippen LogP contribution in [0.3, 0.4) is 0 Å². The zero-order chi connectivity index (χ0) is 12.2. The van der Waals surface area contributed by atoms with Crippen molar-refractivity contribution in [3.8, 4) is 0 Å². The fourth-order valence-corrected chi connectivity index (χ4v) is 2.17. The summed E-state index contributed by atoms with van der Waals surface area (Å²) < 4.78 is 38.3. The molecular formula is C10H14FNO3S. The molecule has 2 N–H and O–H groups in total. The van der Waals surface area contributed by atoms with Crippen LogP contribution in [-0.2, 0) is 10.0 Å². The van der Waals surface area contributed by atoms with Crippen LogP contribution in [0.25, 0.3) is 0 Å². The first kappa shape index (κ1) is 13.1. The third-order valence-electron chi connectivity index (χ3n) is 2.09. The molecule has 4 nitrogen and oxygen atoms in total. The van der Waals surface area contributed by atoms with Crippen molar-refractivity contribution in [3.63, 3.8) is 0 Å². The van der Waals surface area contributed by atoms with Gasteiger partial charge in [-0.25, -0.2) is 17.5 Å². The van der Waals surface area contributed by atoms with Crippen LogP contribution in [0.4, 0.5) is 4.39 Å². The highest BCUT2D eigenvalue weighted by Crippen LogP contribution is 2.10. The first-order valence-corrected chi connectivity index (χ1v) is 6.37. The second-order valence-electron chi connectivity index (χ2n) is 3.37. The van der Waals surface area contributed by atoms with Gasteiger partial charge in [0.15, 0.2) is 0 Å². The molecule has 0 radical (unpaired) electrons. The number of hydrogen-bond acceptors (Lipinski definition) is 3. The van der Waals surface area contributed by atoms with Gasteiger partial charge in [0.05, 0.1) is 11.0 Å². The maximum Gasteiger partial charge on any atom is 0.240 e. The molecule has 1 rings (SSSR count). The Morgan fingerprint density at radius 2 is 2.19 bits per heavy atom. The third-order valence-corrected chi connectivity index (χ3v) is 3.51. The van der Waals surface area contributed by atoms with Gasteiger partial charge in [0, 0.05) is 6.54 Å². The van der Waals surface area contributed by atoms with Crippen molar-refractivity contribution >= 4 is 10.0 Å². The zero-order valence-corrected chi connectivity index (χ0v) is 9.67. The molecule has 1 aromatic carbocycles. The van der Waals surface area contributed by atoms with Crippen LogP contribution in [0.5, 0.6) is 0 Å². The van der Waals surface area contributed by atoms with Crippen LogP contribution in [0, 0.1) is 5.82 Å². The Labute approximate surface area is 94.2 Å². The van der Waals surface area contributed by atoms with Gasteiger partial charge in [-0.15, -0.1) is 0 Å². The summed E-state index contributed by atoms with van der Waals surface area (Å²) in [6.45, 7) is 1.66. The van der Waals surface area contributed by atoms with E-state index in [9.17, 15) is 17.9 Å². The Hall–Kier alpha value is -0.980. The van der Waals surface area contributed by atoms with Crippen LogP contribution in [0.15, 0.2) is 29.2 Å². The van der Waals surface area contributed by atoms with E-state index < -0.39 is 21.9 Å². The Bertz CT molecular complexity index is 447. The Balaban J connectivity index is 2.78. The number of hydrogen-bond donors (Lipinski definition) is 2. The highest BCUT2D eigenvalue weighted by atomic mass is 32.2. The summed E-state index contributed by atoms with van der Waals surface area (Å²) >= 11 is 0. The number of sulfonamides is 1. The minimum Gasteiger partial charge on any atom is -0.392 e. The predicted molar refractivity (Wildman–Crippen MR) is 57.9 cm³/mol. The van der Waals surface area contributed by atoms with E-state index >= 15 is 0 Å². The maximum atomic E-state index is 12.8. The molecule has 16 heavy (non-hydrogen) atoms. The summed E-state index contributed by atoms with van der Waals surface area (Å²) in [6, 6.07) is 4.71. The van der Waals surface area contributed by atoms with Crippen LogP contribution in [-0.4, -0.2) is 26.2 Å². The van der Waals surface area contributed by atoms with Gasteiger partial charge in [-0.05, 0) is 24.6 Å². The van der Waals surface area contributed by atoms with Crippen molar-refractivity contribution in [3.05, 3.63) is 30.1 Å². The quantitative estimate of drug-likeness (QED) is 0.811. The summed E-state index contributed by atoms with van der Waals surface area (Å²) in [5, 5.41) is 9.22. The first-order valence-electron chi connectivity index (χ1n) is 4.89. The lowest BCUT2D eigenvalue weighted by Gasteiger charge is -2.10. The van der Waals surface area contributed by atoms with Crippen molar-refractivity contribution in [2.24, 2.45) is 0 Å². The number of rotatable bonds is 5. The Morgan fingerprint density at radius 3 is 2.75 bits per heavy atom. The van der Waals surface area contributed by atoms with Crippen molar-refractivity contribution < 1.29 is 17.9 Å². The average molecular weight is 247 g/mol. The van der Waals surface area contributed by atoms with E-state index in [1.54, 1.807) is 6.92 Å². The fraction of sp³-hybridized carbons (Fsp3) is 0.400. The monoisotopic (exact) mass is 247 g/mol.